The van der Waals surface area contributed by atoms with Gasteiger partial charge >= 0.3 is 0 Å². The van der Waals surface area contributed by atoms with Crippen LogP contribution in [0.15, 0.2) is 18.2 Å². The maximum atomic E-state index is 2.47. The van der Waals surface area contributed by atoms with Crippen LogP contribution in [-0.4, -0.2) is 0 Å². The van der Waals surface area contributed by atoms with E-state index in [2.05, 4.69) is 68.5 Å². The molecule has 1 aromatic rings. The van der Waals surface area contributed by atoms with Crippen LogP contribution in [0.3, 0.4) is 0 Å². The lowest BCUT2D eigenvalue weighted by molar-refractivity contribution is 0.850. The van der Waals surface area contributed by atoms with E-state index < -0.39 is 0 Å². The standard InChI is InChI=1S/C12H17I/c1-8(2)11-6-5-7-12(9(11)3)10(4)13/h5-8,10H,1-4H3. The zero-order valence-corrected chi connectivity index (χ0v) is 10.9. The molecule has 0 aliphatic rings. The summed E-state index contributed by atoms with van der Waals surface area (Å²) in [6.07, 6.45) is 0. The molecule has 1 atom stereocenters. The molecule has 1 unspecified atom stereocenters. The second-order valence-corrected chi connectivity index (χ2v) is 5.70. The molecule has 0 heterocycles. The largest absolute Gasteiger partial charge is 0.0777 e. The molecule has 13 heavy (non-hydrogen) atoms. The van der Waals surface area contributed by atoms with Gasteiger partial charge in [0.15, 0.2) is 0 Å². The van der Waals surface area contributed by atoms with Crippen molar-refractivity contribution in [2.24, 2.45) is 0 Å². The molecule has 0 aromatic heterocycles. The summed E-state index contributed by atoms with van der Waals surface area (Å²) in [7, 11) is 0. The predicted octanol–water partition coefficient (Wildman–Crippen LogP) is 4.61. The number of halogens is 1. The lowest BCUT2D eigenvalue weighted by atomic mass is 9.93. The Kier molecular flexibility index (Phi) is 3.77. The first-order valence-corrected chi connectivity index (χ1v) is 6.02. The summed E-state index contributed by atoms with van der Waals surface area (Å²) >= 11 is 2.47. The van der Waals surface area contributed by atoms with E-state index in [0.717, 1.165) is 0 Å². The molecule has 0 spiro atoms. The number of benzene rings is 1. The van der Waals surface area contributed by atoms with Crippen LogP contribution in [0.25, 0.3) is 0 Å². The maximum absolute atomic E-state index is 2.47. The average Bonchev–Trinajstić information content (AvgIpc) is 2.03. The first-order valence-electron chi connectivity index (χ1n) is 4.77. The van der Waals surface area contributed by atoms with E-state index in [4.69, 9.17) is 0 Å². The lowest BCUT2D eigenvalue weighted by Crippen LogP contribution is -1.97. The van der Waals surface area contributed by atoms with Crippen LogP contribution in [0.2, 0.25) is 0 Å². The fourth-order valence-electron chi connectivity index (χ4n) is 1.73. The van der Waals surface area contributed by atoms with Crippen LogP contribution in [0, 0.1) is 6.92 Å². The number of hydrogen-bond acceptors (Lipinski definition) is 0. The summed E-state index contributed by atoms with van der Waals surface area (Å²) in [4.78, 5) is 0. The Labute approximate surface area is 94.9 Å². The minimum atomic E-state index is 0.608. The molecule has 0 saturated heterocycles. The van der Waals surface area contributed by atoms with Crippen molar-refractivity contribution < 1.29 is 0 Å². The second kappa shape index (κ2) is 4.45. The zero-order valence-electron chi connectivity index (χ0n) is 8.76. The Bertz CT molecular complexity index is 261. The van der Waals surface area contributed by atoms with Crippen molar-refractivity contribution in [1.29, 1.82) is 0 Å². The van der Waals surface area contributed by atoms with Gasteiger partial charge in [0.05, 0.1) is 0 Å². The zero-order chi connectivity index (χ0) is 10.0. The monoisotopic (exact) mass is 288 g/mol. The highest BCUT2D eigenvalue weighted by molar-refractivity contribution is 14.1. The molecule has 0 amide bonds. The molecule has 1 rings (SSSR count). The molecule has 0 N–H and O–H groups in total. The van der Waals surface area contributed by atoms with Crippen LogP contribution in [-0.2, 0) is 0 Å². The van der Waals surface area contributed by atoms with E-state index in [1.54, 1.807) is 0 Å². The van der Waals surface area contributed by atoms with Gasteiger partial charge in [-0.1, -0.05) is 54.6 Å². The Morgan fingerprint density at radius 3 is 2.08 bits per heavy atom. The van der Waals surface area contributed by atoms with Crippen LogP contribution < -0.4 is 0 Å². The Morgan fingerprint density at radius 2 is 1.62 bits per heavy atom. The van der Waals surface area contributed by atoms with Crippen molar-refractivity contribution in [1.82, 2.24) is 0 Å². The predicted molar refractivity (Wildman–Crippen MR) is 67.7 cm³/mol. The van der Waals surface area contributed by atoms with Gasteiger partial charge in [0.2, 0.25) is 0 Å². The van der Waals surface area contributed by atoms with Gasteiger partial charge < -0.3 is 0 Å². The molecule has 0 nitrogen and oxygen atoms in total. The molecule has 0 aliphatic heterocycles. The molecule has 0 saturated carbocycles. The van der Waals surface area contributed by atoms with Crippen molar-refractivity contribution in [2.45, 2.75) is 37.5 Å². The van der Waals surface area contributed by atoms with Gasteiger partial charge in [-0.15, -0.1) is 0 Å². The van der Waals surface area contributed by atoms with E-state index in [0.29, 0.717) is 9.84 Å². The minimum absolute atomic E-state index is 0.608. The highest BCUT2D eigenvalue weighted by Gasteiger charge is 2.09. The van der Waals surface area contributed by atoms with E-state index in [1.807, 2.05) is 0 Å². The molecule has 1 heteroatoms. The van der Waals surface area contributed by atoms with Gasteiger partial charge in [0.25, 0.3) is 0 Å². The van der Waals surface area contributed by atoms with Crippen LogP contribution in [0.1, 0.15) is 47.3 Å². The first-order chi connectivity index (χ1) is 6.04. The molecule has 72 valence electrons. The first kappa shape index (κ1) is 11.0. The van der Waals surface area contributed by atoms with Crippen molar-refractivity contribution in [3.8, 4) is 0 Å². The minimum Gasteiger partial charge on any atom is -0.0777 e. The maximum Gasteiger partial charge on any atom is 0.0334 e. The fraction of sp³-hybridized carbons (Fsp3) is 0.500. The van der Waals surface area contributed by atoms with Crippen molar-refractivity contribution in [3.05, 3.63) is 34.9 Å². The van der Waals surface area contributed by atoms with Gasteiger partial charge in [-0.05, 0) is 36.5 Å². The molecule has 0 bridgehead atoms. The molecular weight excluding hydrogens is 271 g/mol. The highest BCUT2D eigenvalue weighted by atomic mass is 127. The van der Waals surface area contributed by atoms with Crippen molar-refractivity contribution in [2.75, 3.05) is 0 Å². The van der Waals surface area contributed by atoms with Gasteiger partial charge in [0, 0.05) is 3.92 Å². The number of rotatable bonds is 2. The summed E-state index contributed by atoms with van der Waals surface area (Å²) in [6.45, 7) is 8.99. The Balaban J connectivity index is 3.18. The molecule has 1 aromatic carbocycles. The molecule has 0 fully saturated rings. The summed E-state index contributed by atoms with van der Waals surface area (Å²) in [5, 5.41) is 0. The normalized spacial score (nSPS) is 13.4. The third kappa shape index (κ3) is 2.46. The molecule has 0 aliphatic carbocycles. The van der Waals surface area contributed by atoms with E-state index in [1.165, 1.54) is 16.7 Å². The summed E-state index contributed by atoms with van der Waals surface area (Å²) in [6, 6.07) is 6.65. The van der Waals surface area contributed by atoms with E-state index in [-0.39, 0.29) is 0 Å². The van der Waals surface area contributed by atoms with E-state index >= 15 is 0 Å². The average molecular weight is 288 g/mol. The lowest BCUT2D eigenvalue weighted by Gasteiger charge is -2.15. The Hall–Kier alpha value is -0.0500. The van der Waals surface area contributed by atoms with Gasteiger partial charge in [-0.25, -0.2) is 0 Å². The third-order valence-corrected chi connectivity index (χ3v) is 3.14. The van der Waals surface area contributed by atoms with Gasteiger partial charge in [-0.2, -0.15) is 0 Å². The smallest absolute Gasteiger partial charge is 0.0334 e. The highest BCUT2D eigenvalue weighted by Crippen LogP contribution is 2.30. The summed E-state index contributed by atoms with van der Waals surface area (Å²) in [5.41, 5.74) is 4.44. The SMILES string of the molecule is Cc1c(C(C)C)cccc1C(C)I. The quantitative estimate of drug-likeness (QED) is 0.550. The van der Waals surface area contributed by atoms with Crippen LogP contribution in [0.5, 0.6) is 0 Å². The summed E-state index contributed by atoms with van der Waals surface area (Å²) in [5.74, 6) is 0.634. The third-order valence-electron chi connectivity index (χ3n) is 2.47. The van der Waals surface area contributed by atoms with Crippen LogP contribution >= 0.6 is 22.6 Å². The number of alkyl halides is 1. The van der Waals surface area contributed by atoms with Gasteiger partial charge in [0.1, 0.15) is 0 Å². The van der Waals surface area contributed by atoms with E-state index in [9.17, 15) is 0 Å². The Morgan fingerprint density at radius 1 is 1.08 bits per heavy atom. The van der Waals surface area contributed by atoms with Gasteiger partial charge in [-0.3, -0.25) is 0 Å². The fourth-order valence-corrected chi connectivity index (χ4v) is 2.40. The van der Waals surface area contributed by atoms with Crippen LogP contribution in [0.4, 0.5) is 0 Å². The van der Waals surface area contributed by atoms with Crippen molar-refractivity contribution >= 4 is 22.6 Å². The molecular formula is C12H17I. The second-order valence-electron chi connectivity index (χ2n) is 3.83. The van der Waals surface area contributed by atoms with Crippen molar-refractivity contribution in [3.63, 3.8) is 0 Å². The molecule has 0 radical (unpaired) electrons. The number of hydrogen-bond donors (Lipinski definition) is 0. The summed E-state index contributed by atoms with van der Waals surface area (Å²) < 4.78 is 0.608. The topological polar surface area (TPSA) is 0 Å².